The standard InChI is InChI=1S/C15H14N2O3/c1-18-12-6-7-14-13(8-12)17-15(20-14)9-19-11-4-2-10(16)3-5-11/h2-8H,9,16H2,1H3. The third-order valence-corrected chi connectivity index (χ3v) is 2.88. The number of aromatic nitrogens is 1. The summed E-state index contributed by atoms with van der Waals surface area (Å²) in [6.07, 6.45) is 0. The molecule has 0 bridgehead atoms. The molecule has 3 rings (SSSR count). The zero-order chi connectivity index (χ0) is 13.9. The summed E-state index contributed by atoms with van der Waals surface area (Å²) in [6, 6.07) is 12.7. The van der Waals surface area contributed by atoms with Gasteiger partial charge in [0, 0.05) is 11.8 Å². The average Bonchev–Trinajstić information content (AvgIpc) is 2.88. The van der Waals surface area contributed by atoms with E-state index < -0.39 is 0 Å². The molecule has 0 saturated heterocycles. The van der Waals surface area contributed by atoms with Crippen molar-refractivity contribution in [2.75, 3.05) is 12.8 Å². The lowest BCUT2D eigenvalue weighted by Crippen LogP contribution is -1.95. The third kappa shape index (κ3) is 2.51. The number of nitrogens with zero attached hydrogens (tertiary/aromatic N) is 1. The zero-order valence-corrected chi connectivity index (χ0v) is 11.0. The molecule has 1 heterocycles. The summed E-state index contributed by atoms with van der Waals surface area (Å²) in [5.74, 6) is 1.99. The molecule has 0 saturated carbocycles. The number of rotatable bonds is 4. The van der Waals surface area contributed by atoms with E-state index >= 15 is 0 Å². The van der Waals surface area contributed by atoms with Gasteiger partial charge in [-0.1, -0.05) is 0 Å². The molecule has 5 nitrogen and oxygen atoms in total. The predicted molar refractivity (Wildman–Crippen MR) is 75.7 cm³/mol. The van der Waals surface area contributed by atoms with Gasteiger partial charge in [0.25, 0.3) is 0 Å². The molecule has 0 aliphatic rings. The summed E-state index contributed by atoms with van der Waals surface area (Å²) in [6.45, 7) is 0.265. The van der Waals surface area contributed by atoms with E-state index in [9.17, 15) is 0 Å². The van der Waals surface area contributed by atoms with E-state index in [1.54, 1.807) is 31.4 Å². The number of nitrogens with two attached hydrogens (primary N) is 1. The fourth-order valence-corrected chi connectivity index (χ4v) is 1.85. The maximum Gasteiger partial charge on any atom is 0.233 e. The van der Waals surface area contributed by atoms with Crippen LogP contribution >= 0.6 is 0 Å². The molecule has 0 atom stereocenters. The smallest absolute Gasteiger partial charge is 0.233 e. The summed E-state index contributed by atoms with van der Waals surface area (Å²) in [5.41, 5.74) is 7.77. The van der Waals surface area contributed by atoms with E-state index in [1.165, 1.54) is 0 Å². The summed E-state index contributed by atoms with van der Waals surface area (Å²) >= 11 is 0. The zero-order valence-electron chi connectivity index (χ0n) is 11.0. The first-order valence-electron chi connectivity index (χ1n) is 6.16. The van der Waals surface area contributed by atoms with Gasteiger partial charge in [0.15, 0.2) is 12.2 Å². The van der Waals surface area contributed by atoms with Crippen molar-refractivity contribution in [2.45, 2.75) is 6.61 Å². The number of ether oxygens (including phenoxy) is 2. The minimum absolute atomic E-state index is 0.265. The molecule has 0 radical (unpaired) electrons. The van der Waals surface area contributed by atoms with Crippen molar-refractivity contribution < 1.29 is 13.9 Å². The number of nitrogen functional groups attached to an aromatic ring is 1. The maximum atomic E-state index is 5.61. The quantitative estimate of drug-likeness (QED) is 0.738. The minimum Gasteiger partial charge on any atom is -0.497 e. The monoisotopic (exact) mass is 270 g/mol. The van der Waals surface area contributed by atoms with E-state index in [4.69, 9.17) is 19.6 Å². The number of methoxy groups -OCH3 is 1. The van der Waals surface area contributed by atoms with Gasteiger partial charge in [-0.15, -0.1) is 0 Å². The second-order valence-corrected chi connectivity index (χ2v) is 4.30. The Balaban J connectivity index is 1.75. The Morgan fingerprint density at radius 1 is 1.10 bits per heavy atom. The number of benzene rings is 2. The van der Waals surface area contributed by atoms with Crippen LogP contribution < -0.4 is 15.2 Å². The molecule has 0 amide bonds. The van der Waals surface area contributed by atoms with Gasteiger partial charge in [-0.25, -0.2) is 4.98 Å². The molecule has 102 valence electrons. The van der Waals surface area contributed by atoms with Crippen molar-refractivity contribution in [2.24, 2.45) is 0 Å². The largest absolute Gasteiger partial charge is 0.497 e. The molecule has 0 aliphatic carbocycles. The van der Waals surface area contributed by atoms with Crippen LogP contribution in [0.5, 0.6) is 11.5 Å². The van der Waals surface area contributed by atoms with Gasteiger partial charge in [-0.05, 0) is 36.4 Å². The highest BCUT2D eigenvalue weighted by Gasteiger charge is 2.07. The van der Waals surface area contributed by atoms with Crippen molar-refractivity contribution in [3.8, 4) is 11.5 Å². The van der Waals surface area contributed by atoms with Crippen LogP contribution in [-0.2, 0) is 6.61 Å². The molecular formula is C15H14N2O3. The van der Waals surface area contributed by atoms with Crippen LogP contribution in [0, 0.1) is 0 Å². The van der Waals surface area contributed by atoms with Gasteiger partial charge >= 0.3 is 0 Å². The van der Waals surface area contributed by atoms with Gasteiger partial charge in [-0.3, -0.25) is 0 Å². The summed E-state index contributed by atoms with van der Waals surface area (Å²) in [5, 5.41) is 0. The number of oxazole rings is 1. The molecule has 0 spiro atoms. The molecule has 0 aliphatic heterocycles. The molecule has 0 unspecified atom stereocenters. The Kier molecular flexibility index (Phi) is 3.16. The highest BCUT2D eigenvalue weighted by Crippen LogP contribution is 2.22. The first kappa shape index (κ1) is 12.3. The van der Waals surface area contributed by atoms with E-state index in [2.05, 4.69) is 4.98 Å². The Morgan fingerprint density at radius 2 is 1.85 bits per heavy atom. The Labute approximate surface area is 115 Å². The average molecular weight is 270 g/mol. The number of fused-ring (bicyclic) bond motifs is 1. The van der Waals surface area contributed by atoms with Crippen molar-refractivity contribution in [3.05, 3.63) is 48.4 Å². The van der Waals surface area contributed by atoms with E-state index in [0.29, 0.717) is 17.2 Å². The lowest BCUT2D eigenvalue weighted by molar-refractivity contribution is 0.267. The lowest BCUT2D eigenvalue weighted by atomic mass is 10.3. The van der Waals surface area contributed by atoms with Crippen molar-refractivity contribution >= 4 is 16.8 Å². The summed E-state index contributed by atoms with van der Waals surface area (Å²) in [4.78, 5) is 4.36. The van der Waals surface area contributed by atoms with E-state index in [1.807, 2.05) is 18.2 Å². The van der Waals surface area contributed by atoms with Crippen molar-refractivity contribution in [1.82, 2.24) is 4.98 Å². The highest BCUT2D eigenvalue weighted by atomic mass is 16.5. The van der Waals surface area contributed by atoms with Crippen LogP contribution in [0.15, 0.2) is 46.9 Å². The lowest BCUT2D eigenvalue weighted by Gasteiger charge is -2.02. The van der Waals surface area contributed by atoms with Crippen LogP contribution in [0.3, 0.4) is 0 Å². The van der Waals surface area contributed by atoms with Crippen LogP contribution in [0.25, 0.3) is 11.1 Å². The molecule has 2 aromatic carbocycles. The van der Waals surface area contributed by atoms with Crippen molar-refractivity contribution in [3.63, 3.8) is 0 Å². The van der Waals surface area contributed by atoms with Gasteiger partial charge < -0.3 is 19.6 Å². The Bertz CT molecular complexity index is 720. The second kappa shape index (κ2) is 5.13. The normalized spacial score (nSPS) is 10.7. The molecule has 2 N–H and O–H groups in total. The Hall–Kier alpha value is -2.69. The van der Waals surface area contributed by atoms with E-state index in [-0.39, 0.29) is 6.61 Å². The van der Waals surface area contributed by atoms with Gasteiger partial charge in [-0.2, -0.15) is 0 Å². The fraction of sp³-hybridized carbons (Fsp3) is 0.133. The molecule has 3 aromatic rings. The fourth-order valence-electron chi connectivity index (χ4n) is 1.85. The molecule has 1 aromatic heterocycles. The first-order valence-corrected chi connectivity index (χ1v) is 6.16. The van der Waals surface area contributed by atoms with Crippen LogP contribution in [0.1, 0.15) is 5.89 Å². The molecular weight excluding hydrogens is 256 g/mol. The van der Waals surface area contributed by atoms with Crippen molar-refractivity contribution in [1.29, 1.82) is 0 Å². The maximum absolute atomic E-state index is 5.61. The van der Waals surface area contributed by atoms with E-state index in [0.717, 1.165) is 17.0 Å². The Morgan fingerprint density at radius 3 is 2.60 bits per heavy atom. The molecule has 0 fully saturated rings. The SMILES string of the molecule is COc1ccc2oc(COc3ccc(N)cc3)nc2c1. The minimum atomic E-state index is 0.265. The van der Waals surface area contributed by atoms with Gasteiger partial charge in [0.1, 0.15) is 17.0 Å². The molecule has 5 heteroatoms. The number of hydrogen-bond acceptors (Lipinski definition) is 5. The topological polar surface area (TPSA) is 70.5 Å². The molecule has 20 heavy (non-hydrogen) atoms. The summed E-state index contributed by atoms with van der Waals surface area (Å²) < 4.78 is 16.3. The van der Waals surface area contributed by atoms with Gasteiger partial charge in [0.05, 0.1) is 7.11 Å². The highest BCUT2D eigenvalue weighted by molar-refractivity contribution is 5.74. The van der Waals surface area contributed by atoms with Crippen LogP contribution in [-0.4, -0.2) is 12.1 Å². The number of hydrogen-bond donors (Lipinski definition) is 1. The second-order valence-electron chi connectivity index (χ2n) is 4.30. The first-order chi connectivity index (χ1) is 9.74. The van der Waals surface area contributed by atoms with Crippen LogP contribution in [0.4, 0.5) is 5.69 Å². The summed E-state index contributed by atoms with van der Waals surface area (Å²) in [7, 11) is 1.62. The van der Waals surface area contributed by atoms with Crippen LogP contribution in [0.2, 0.25) is 0 Å². The number of anilines is 1. The third-order valence-electron chi connectivity index (χ3n) is 2.88. The predicted octanol–water partition coefficient (Wildman–Crippen LogP) is 3.00. The van der Waals surface area contributed by atoms with Gasteiger partial charge in [0.2, 0.25) is 5.89 Å².